The predicted molar refractivity (Wildman–Crippen MR) is 86.9 cm³/mol. The van der Waals surface area contributed by atoms with E-state index in [1.165, 1.54) is 48.5 Å². The fraction of sp³-hybridized carbons (Fsp3) is 0. The average molecular weight is 350 g/mol. The molecule has 24 heavy (non-hydrogen) atoms. The molecule has 8 heteroatoms. The van der Waals surface area contributed by atoms with Crippen molar-refractivity contribution in [1.29, 1.82) is 0 Å². The molecule has 0 amide bonds. The lowest BCUT2D eigenvalue weighted by Gasteiger charge is -2.03. The van der Waals surface area contributed by atoms with Gasteiger partial charge in [-0.25, -0.2) is 0 Å². The molecule has 0 spiro atoms. The number of phenolic OH excluding ortho intramolecular Hbond substituents is 4. The van der Waals surface area contributed by atoms with Gasteiger partial charge in [0.1, 0.15) is 11.5 Å². The monoisotopic (exact) mass is 350 g/mol. The van der Waals surface area contributed by atoms with E-state index in [0.717, 1.165) is 0 Å². The van der Waals surface area contributed by atoms with Crippen LogP contribution in [0.3, 0.4) is 0 Å². The third kappa shape index (κ3) is 4.28. The molecule has 3 aromatic carbocycles. The second kappa shape index (κ2) is 6.65. The minimum Gasteiger partial charge on any atom is -0.508 e. The maximum Gasteiger partial charge on any atom is 0.294 e. The van der Waals surface area contributed by atoms with Crippen LogP contribution in [0.15, 0.2) is 59.5 Å². The highest BCUT2D eigenvalue weighted by molar-refractivity contribution is 7.85. The number of aromatic hydroxyl groups is 4. The molecule has 0 fully saturated rings. The molecule has 7 nitrogen and oxygen atoms in total. The van der Waals surface area contributed by atoms with Crippen LogP contribution in [0.2, 0.25) is 0 Å². The molecule has 3 rings (SSSR count). The Bertz CT molecular complexity index is 964. The summed E-state index contributed by atoms with van der Waals surface area (Å²) >= 11 is 0. The topological polar surface area (TPSA) is 135 Å². The first-order valence-electron chi connectivity index (χ1n) is 6.58. The summed E-state index contributed by atoms with van der Waals surface area (Å²) in [5.74, 6) is -0.456. The summed E-state index contributed by atoms with van der Waals surface area (Å²) in [4.78, 5) is -0.259. The van der Waals surface area contributed by atoms with E-state index < -0.39 is 10.1 Å². The van der Waals surface area contributed by atoms with Crippen LogP contribution in [-0.4, -0.2) is 33.4 Å². The van der Waals surface area contributed by atoms with Gasteiger partial charge in [0.05, 0.1) is 4.90 Å². The lowest BCUT2D eigenvalue weighted by Crippen LogP contribution is -1.97. The van der Waals surface area contributed by atoms with Crippen LogP contribution >= 0.6 is 0 Å². The Balaban J connectivity index is 0.000000219. The third-order valence-corrected chi connectivity index (χ3v) is 3.88. The summed E-state index contributed by atoms with van der Waals surface area (Å²) in [6.45, 7) is 0. The minimum absolute atomic E-state index is 0.0880. The summed E-state index contributed by atoms with van der Waals surface area (Å²) in [7, 11) is -4.26. The number of hydrogen-bond acceptors (Lipinski definition) is 6. The van der Waals surface area contributed by atoms with E-state index in [0.29, 0.717) is 10.8 Å². The Hall–Kier alpha value is -2.97. The zero-order valence-electron chi connectivity index (χ0n) is 12.2. The normalized spacial score (nSPS) is 10.9. The third-order valence-electron chi connectivity index (χ3n) is 3.03. The van der Waals surface area contributed by atoms with Crippen LogP contribution in [0.25, 0.3) is 10.8 Å². The first-order chi connectivity index (χ1) is 11.2. The molecule has 0 aromatic heterocycles. The number of benzene rings is 3. The van der Waals surface area contributed by atoms with Crippen molar-refractivity contribution in [3.8, 4) is 23.0 Å². The molecule has 0 aliphatic rings. The largest absolute Gasteiger partial charge is 0.508 e. The van der Waals surface area contributed by atoms with Gasteiger partial charge in [-0.3, -0.25) is 4.55 Å². The highest BCUT2D eigenvalue weighted by atomic mass is 32.2. The van der Waals surface area contributed by atoms with E-state index in [2.05, 4.69) is 0 Å². The van der Waals surface area contributed by atoms with Crippen LogP contribution < -0.4 is 0 Å². The van der Waals surface area contributed by atoms with Crippen LogP contribution in [0, 0.1) is 0 Å². The molecule has 0 bridgehead atoms. The number of phenols is 4. The van der Waals surface area contributed by atoms with E-state index >= 15 is 0 Å². The second-order valence-electron chi connectivity index (χ2n) is 4.84. The Morgan fingerprint density at radius 3 is 1.67 bits per heavy atom. The zero-order chi connectivity index (χ0) is 17.9. The standard InChI is InChI=1S/C10H8O5S.C6H6O2/c11-9-4-6-1-2-8(16(13,14)15)3-7(6)5-10(9)12;7-5-2-1-3-6(8)4-5/h1-5,11-12H,(H,13,14,15);1-4,7-8H. The van der Waals surface area contributed by atoms with E-state index in [1.54, 1.807) is 6.07 Å². The quantitative estimate of drug-likeness (QED) is 0.336. The highest BCUT2D eigenvalue weighted by Gasteiger charge is 2.11. The number of fused-ring (bicyclic) bond motifs is 1. The number of rotatable bonds is 1. The van der Waals surface area contributed by atoms with Crippen molar-refractivity contribution in [3.05, 3.63) is 54.6 Å². The first-order valence-corrected chi connectivity index (χ1v) is 8.02. The molecule has 0 aliphatic heterocycles. The van der Waals surface area contributed by atoms with Gasteiger partial charge in [0.2, 0.25) is 0 Å². The second-order valence-corrected chi connectivity index (χ2v) is 6.27. The van der Waals surface area contributed by atoms with Crippen molar-refractivity contribution >= 4 is 20.9 Å². The van der Waals surface area contributed by atoms with Crippen molar-refractivity contribution < 1.29 is 33.4 Å². The highest BCUT2D eigenvalue weighted by Crippen LogP contribution is 2.31. The van der Waals surface area contributed by atoms with Gasteiger partial charge < -0.3 is 20.4 Å². The van der Waals surface area contributed by atoms with Gasteiger partial charge in [-0.2, -0.15) is 8.42 Å². The molecular formula is C16H14O7S. The van der Waals surface area contributed by atoms with E-state index in [9.17, 15) is 18.6 Å². The molecule has 0 aliphatic carbocycles. The molecule has 5 N–H and O–H groups in total. The SMILES string of the molecule is O=S(=O)(O)c1ccc2cc(O)c(O)cc2c1.Oc1cccc(O)c1. The Kier molecular flexibility index (Phi) is 4.82. The molecule has 126 valence electrons. The van der Waals surface area contributed by atoms with Crippen LogP contribution in [0.4, 0.5) is 0 Å². The lowest BCUT2D eigenvalue weighted by molar-refractivity contribution is 0.405. The van der Waals surface area contributed by atoms with Crippen molar-refractivity contribution in [2.24, 2.45) is 0 Å². The van der Waals surface area contributed by atoms with E-state index in [1.807, 2.05) is 0 Å². The fourth-order valence-corrected chi connectivity index (χ4v) is 2.42. The molecule has 0 atom stereocenters. The van der Waals surface area contributed by atoms with Crippen molar-refractivity contribution in [1.82, 2.24) is 0 Å². The molecule has 0 radical (unpaired) electrons. The summed E-state index contributed by atoms with van der Waals surface area (Å²) < 4.78 is 30.6. The van der Waals surface area contributed by atoms with Gasteiger partial charge in [-0.05, 0) is 47.2 Å². The van der Waals surface area contributed by atoms with Gasteiger partial charge in [-0.15, -0.1) is 0 Å². The van der Waals surface area contributed by atoms with Gasteiger partial charge in [0.25, 0.3) is 10.1 Å². The van der Waals surface area contributed by atoms with Crippen LogP contribution in [0.1, 0.15) is 0 Å². The molecular weight excluding hydrogens is 336 g/mol. The molecule has 0 saturated heterocycles. The van der Waals surface area contributed by atoms with Crippen molar-refractivity contribution in [2.75, 3.05) is 0 Å². The Morgan fingerprint density at radius 1 is 0.667 bits per heavy atom. The van der Waals surface area contributed by atoms with Gasteiger partial charge in [-0.1, -0.05) is 12.1 Å². The van der Waals surface area contributed by atoms with Gasteiger partial charge >= 0.3 is 0 Å². The Labute approximate surface area is 137 Å². The zero-order valence-corrected chi connectivity index (χ0v) is 13.0. The average Bonchev–Trinajstić information content (AvgIpc) is 2.47. The predicted octanol–water partition coefficient (Wildman–Crippen LogP) is 2.60. The van der Waals surface area contributed by atoms with E-state index in [4.69, 9.17) is 14.8 Å². The lowest BCUT2D eigenvalue weighted by atomic mass is 10.1. The smallest absolute Gasteiger partial charge is 0.294 e. The van der Waals surface area contributed by atoms with Crippen molar-refractivity contribution in [3.63, 3.8) is 0 Å². The maximum absolute atomic E-state index is 10.9. The van der Waals surface area contributed by atoms with Gasteiger partial charge in [0, 0.05) is 6.07 Å². The molecule has 0 heterocycles. The van der Waals surface area contributed by atoms with Crippen molar-refractivity contribution in [2.45, 2.75) is 4.90 Å². The minimum atomic E-state index is -4.26. The summed E-state index contributed by atoms with van der Waals surface area (Å²) in [5, 5.41) is 36.7. The fourth-order valence-electron chi connectivity index (χ4n) is 1.91. The molecule has 0 unspecified atom stereocenters. The van der Waals surface area contributed by atoms with E-state index in [-0.39, 0.29) is 27.9 Å². The summed E-state index contributed by atoms with van der Waals surface area (Å²) in [6, 6.07) is 12.2. The van der Waals surface area contributed by atoms with Crippen LogP contribution in [0.5, 0.6) is 23.0 Å². The Morgan fingerprint density at radius 2 is 1.21 bits per heavy atom. The maximum atomic E-state index is 10.9. The molecule has 0 saturated carbocycles. The van der Waals surface area contributed by atoms with Crippen LogP contribution in [-0.2, 0) is 10.1 Å². The summed E-state index contributed by atoms with van der Waals surface area (Å²) in [6.07, 6.45) is 0. The first kappa shape index (κ1) is 17.4. The summed E-state index contributed by atoms with van der Waals surface area (Å²) in [5.41, 5.74) is 0. The van der Waals surface area contributed by atoms with Gasteiger partial charge in [0.15, 0.2) is 11.5 Å². The number of hydrogen-bond donors (Lipinski definition) is 5. The molecule has 3 aromatic rings.